The lowest BCUT2D eigenvalue weighted by molar-refractivity contribution is -0.111. The van der Waals surface area contributed by atoms with E-state index in [4.69, 9.17) is 16.3 Å². The van der Waals surface area contributed by atoms with Gasteiger partial charge in [-0.3, -0.25) is 4.79 Å². The number of aromatic nitrogens is 1. The van der Waals surface area contributed by atoms with E-state index >= 15 is 0 Å². The first-order valence-electron chi connectivity index (χ1n) is 5.92. The summed E-state index contributed by atoms with van der Waals surface area (Å²) in [6, 6.07) is 10.7. The lowest BCUT2D eigenvalue weighted by Gasteiger charge is -2.02. The third-order valence-corrected chi connectivity index (χ3v) is 2.74. The molecule has 0 aliphatic carbocycles. The van der Waals surface area contributed by atoms with Crippen LogP contribution in [0.2, 0.25) is 5.15 Å². The normalized spacial score (nSPS) is 10.5. The molecule has 0 radical (unpaired) electrons. The summed E-state index contributed by atoms with van der Waals surface area (Å²) in [5, 5.41) is 3.04. The molecule has 2 rings (SSSR count). The standard InChI is InChI=1S/C15H13ClN2O2/c1-20-13-5-2-11(3-6-13)4-7-15(19)18-12-8-9-17-14(16)10-12/h2-10H,1H3,(H,17,18,19)/b7-4+. The number of pyridine rings is 1. The summed E-state index contributed by atoms with van der Waals surface area (Å²) in [5.41, 5.74) is 1.52. The molecular weight excluding hydrogens is 276 g/mol. The quantitative estimate of drug-likeness (QED) is 0.693. The molecule has 0 spiro atoms. The first kappa shape index (κ1) is 14.1. The van der Waals surface area contributed by atoms with Gasteiger partial charge < -0.3 is 10.1 Å². The molecule has 0 saturated heterocycles. The highest BCUT2D eigenvalue weighted by molar-refractivity contribution is 6.29. The Labute approximate surface area is 122 Å². The predicted molar refractivity (Wildman–Crippen MR) is 79.9 cm³/mol. The summed E-state index contributed by atoms with van der Waals surface area (Å²) in [4.78, 5) is 15.6. The number of carbonyl (C=O) groups is 1. The molecule has 0 aliphatic rings. The van der Waals surface area contributed by atoms with E-state index in [1.165, 1.54) is 12.3 Å². The summed E-state index contributed by atoms with van der Waals surface area (Å²) in [7, 11) is 1.61. The molecule has 0 unspecified atom stereocenters. The number of ether oxygens (including phenoxy) is 1. The van der Waals surface area contributed by atoms with E-state index in [1.54, 1.807) is 25.3 Å². The number of nitrogens with zero attached hydrogens (tertiary/aromatic N) is 1. The van der Waals surface area contributed by atoms with Crippen LogP contribution in [-0.4, -0.2) is 18.0 Å². The average Bonchev–Trinajstić information content (AvgIpc) is 2.46. The van der Waals surface area contributed by atoms with Crippen molar-refractivity contribution in [3.63, 3.8) is 0 Å². The summed E-state index contributed by atoms with van der Waals surface area (Å²) < 4.78 is 5.06. The fourth-order valence-corrected chi connectivity index (χ4v) is 1.72. The highest BCUT2D eigenvalue weighted by Crippen LogP contribution is 2.13. The number of benzene rings is 1. The zero-order valence-corrected chi connectivity index (χ0v) is 11.6. The number of hydrogen-bond acceptors (Lipinski definition) is 3. The Bertz CT molecular complexity index is 624. The van der Waals surface area contributed by atoms with Crippen molar-refractivity contribution >= 4 is 29.3 Å². The first-order chi connectivity index (χ1) is 9.67. The van der Waals surface area contributed by atoms with Gasteiger partial charge in [-0.05, 0) is 35.9 Å². The van der Waals surface area contributed by atoms with Crippen molar-refractivity contribution in [1.29, 1.82) is 0 Å². The maximum atomic E-state index is 11.7. The van der Waals surface area contributed by atoms with E-state index in [2.05, 4.69) is 10.3 Å². The minimum Gasteiger partial charge on any atom is -0.497 e. The molecule has 1 heterocycles. The molecule has 1 aromatic heterocycles. The summed E-state index contributed by atoms with van der Waals surface area (Å²) in [6.07, 6.45) is 4.71. The van der Waals surface area contributed by atoms with Crippen molar-refractivity contribution in [2.45, 2.75) is 0 Å². The Kier molecular flexibility index (Phi) is 4.74. The lowest BCUT2D eigenvalue weighted by atomic mass is 10.2. The number of methoxy groups -OCH3 is 1. The Morgan fingerprint density at radius 3 is 2.70 bits per heavy atom. The third-order valence-electron chi connectivity index (χ3n) is 2.54. The Hall–Kier alpha value is -2.33. The van der Waals surface area contributed by atoms with Gasteiger partial charge in [0.2, 0.25) is 5.91 Å². The van der Waals surface area contributed by atoms with Crippen LogP contribution in [0.3, 0.4) is 0 Å². The SMILES string of the molecule is COc1ccc(/C=C/C(=O)Nc2ccnc(Cl)c2)cc1. The Balaban J connectivity index is 1.98. The number of carbonyl (C=O) groups excluding carboxylic acids is 1. The minimum atomic E-state index is -0.233. The lowest BCUT2D eigenvalue weighted by Crippen LogP contribution is -2.07. The first-order valence-corrected chi connectivity index (χ1v) is 6.30. The fourth-order valence-electron chi connectivity index (χ4n) is 1.55. The Morgan fingerprint density at radius 2 is 2.05 bits per heavy atom. The minimum absolute atomic E-state index is 0.233. The van der Waals surface area contributed by atoms with Gasteiger partial charge in [0, 0.05) is 18.0 Å². The molecule has 102 valence electrons. The molecule has 0 aliphatic heterocycles. The van der Waals surface area contributed by atoms with Crippen molar-refractivity contribution in [3.8, 4) is 5.75 Å². The molecular formula is C15H13ClN2O2. The number of rotatable bonds is 4. The number of amides is 1. The van der Waals surface area contributed by atoms with Gasteiger partial charge in [-0.1, -0.05) is 23.7 Å². The van der Waals surface area contributed by atoms with Crippen molar-refractivity contribution in [2.75, 3.05) is 12.4 Å². The molecule has 4 nitrogen and oxygen atoms in total. The number of hydrogen-bond donors (Lipinski definition) is 1. The van der Waals surface area contributed by atoms with Gasteiger partial charge in [0.1, 0.15) is 10.9 Å². The second-order valence-electron chi connectivity index (χ2n) is 3.96. The van der Waals surface area contributed by atoms with Crippen LogP contribution in [0.25, 0.3) is 6.08 Å². The second kappa shape index (κ2) is 6.73. The van der Waals surface area contributed by atoms with Crippen LogP contribution in [0.4, 0.5) is 5.69 Å². The third kappa shape index (κ3) is 4.10. The van der Waals surface area contributed by atoms with Crippen LogP contribution in [0.1, 0.15) is 5.56 Å². The van der Waals surface area contributed by atoms with Crippen LogP contribution < -0.4 is 10.1 Å². The van der Waals surface area contributed by atoms with E-state index in [-0.39, 0.29) is 5.91 Å². The van der Waals surface area contributed by atoms with Crippen molar-refractivity contribution in [2.24, 2.45) is 0 Å². The smallest absolute Gasteiger partial charge is 0.248 e. The van der Waals surface area contributed by atoms with Gasteiger partial charge in [0.25, 0.3) is 0 Å². The zero-order valence-electron chi connectivity index (χ0n) is 10.8. The molecule has 1 N–H and O–H groups in total. The molecule has 20 heavy (non-hydrogen) atoms. The molecule has 2 aromatic rings. The van der Waals surface area contributed by atoms with Crippen LogP contribution in [-0.2, 0) is 4.79 Å². The highest BCUT2D eigenvalue weighted by Gasteiger charge is 1.99. The average molecular weight is 289 g/mol. The predicted octanol–water partition coefficient (Wildman–Crippen LogP) is 3.40. The van der Waals surface area contributed by atoms with Gasteiger partial charge in [0.05, 0.1) is 7.11 Å². The largest absolute Gasteiger partial charge is 0.497 e. The van der Waals surface area contributed by atoms with Crippen molar-refractivity contribution in [1.82, 2.24) is 4.98 Å². The monoisotopic (exact) mass is 288 g/mol. The summed E-state index contributed by atoms with van der Waals surface area (Å²) in [6.45, 7) is 0. The molecule has 0 atom stereocenters. The van der Waals surface area contributed by atoms with Crippen molar-refractivity contribution < 1.29 is 9.53 Å². The molecule has 0 bridgehead atoms. The molecule has 1 aromatic carbocycles. The zero-order chi connectivity index (χ0) is 14.4. The second-order valence-corrected chi connectivity index (χ2v) is 4.35. The number of nitrogens with one attached hydrogen (secondary N) is 1. The van der Waals surface area contributed by atoms with Gasteiger partial charge >= 0.3 is 0 Å². The molecule has 0 fully saturated rings. The topological polar surface area (TPSA) is 51.2 Å². The van der Waals surface area contributed by atoms with E-state index in [0.717, 1.165) is 11.3 Å². The molecule has 5 heteroatoms. The summed E-state index contributed by atoms with van der Waals surface area (Å²) in [5.74, 6) is 0.543. The van der Waals surface area contributed by atoms with E-state index in [0.29, 0.717) is 10.8 Å². The van der Waals surface area contributed by atoms with Crippen LogP contribution in [0.15, 0.2) is 48.7 Å². The van der Waals surface area contributed by atoms with E-state index < -0.39 is 0 Å². The molecule has 1 amide bonds. The van der Waals surface area contributed by atoms with Crippen LogP contribution >= 0.6 is 11.6 Å². The fraction of sp³-hybridized carbons (Fsp3) is 0.0667. The number of halogens is 1. The molecule has 0 saturated carbocycles. The van der Waals surface area contributed by atoms with E-state index in [9.17, 15) is 4.79 Å². The maximum absolute atomic E-state index is 11.7. The highest BCUT2D eigenvalue weighted by atomic mass is 35.5. The number of anilines is 1. The van der Waals surface area contributed by atoms with Gasteiger partial charge in [-0.15, -0.1) is 0 Å². The summed E-state index contributed by atoms with van der Waals surface area (Å²) >= 11 is 5.74. The maximum Gasteiger partial charge on any atom is 0.248 e. The van der Waals surface area contributed by atoms with Gasteiger partial charge in [-0.2, -0.15) is 0 Å². The van der Waals surface area contributed by atoms with Gasteiger partial charge in [0.15, 0.2) is 0 Å². The Morgan fingerprint density at radius 1 is 1.30 bits per heavy atom. The van der Waals surface area contributed by atoms with Crippen molar-refractivity contribution in [3.05, 3.63) is 59.4 Å². The van der Waals surface area contributed by atoms with E-state index in [1.807, 2.05) is 24.3 Å². The van der Waals surface area contributed by atoms with Crippen LogP contribution in [0.5, 0.6) is 5.75 Å². The van der Waals surface area contributed by atoms with Crippen LogP contribution in [0, 0.1) is 0 Å². The van der Waals surface area contributed by atoms with Gasteiger partial charge in [-0.25, -0.2) is 4.98 Å².